The lowest BCUT2D eigenvalue weighted by Gasteiger charge is -2.13. The van der Waals surface area contributed by atoms with Crippen LogP contribution in [0, 0.1) is 11.3 Å². The first-order valence-electron chi connectivity index (χ1n) is 13.2. The number of furan rings is 2. The van der Waals surface area contributed by atoms with E-state index in [1.165, 1.54) is 0 Å². The van der Waals surface area contributed by atoms with E-state index >= 15 is 0 Å². The summed E-state index contributed by atoms with van der Waals surface area (Å²) in [5, 5.41) is 14.3. The third-order valence-electron chi connectivity index (χ3n) is 7.72. The smallest absolute Gasteiger partial charge is 0.143 e. The predicted molar refractivity (Wildman–Crippen MR) is 162 cm³/mol. The minimum Gasteiger partial charge on any atom is -0.456 e. The van der Waals surface area contributed by atoms with Crippen LogP contribution < -0.4 is 0 Å². The van der Waals surface area contributed by atoms with Crippen molar-refractivity contribution in [3.63, 3.8) is 0 Å². The van der Waals surface area contributed by atoms with E-state index in [4.69, 9.17) is 8.83 Å². The van der Waals surface area contributed by atoms with Crippen molar-refractivity contribution in [3.05, 3.63) is 133 Å². The predicted octanol–water partition coefficient (Wildman–Crippen LogP) is 10.4. The van der Waals surface area contributed by atoms with Crippen LogP contribution in [-0.4, -0.2) is 0 Å². The van der Waals surface area contributed by atoms with Gasteiger partial charge in [0, 0.05) is 27.1 Å². The van der Waals surface area contributed by atoms with Gasteiger partial charge in [-0.05, 0) is 70.3 Å². The normalized spacial score (nSPS) is 11.5. The number of benzene rings is 6. The minimum absolute atomic E-state index is 0.638. The van der Waals surface area contributed by atoms with Crippen LogP contribution in [0.1, 0.15) is 5.56 Å². The van der Waals surface area contributed by atoms with Gasteiger partial charge in [-0.1, -0.05) is 84.9 Å². The Kier molecular flexibility index (Phi) is 4.89. The van der Waals surface area contributed by atoms with E-state index in [0.29, 0.717) is 5.56 Å². The molecule has 0 fully saturated rings. The Morgan fingerprint density at radius 2 is 1.00 bits per heavy atom. The van der Waals surface area contributed by atoms with Crippen LogP contribution in [0.4, 0.5) is 0 Å². The summed E-state index contributed by atoms with van der Waals surface area (Å²) >= 11 is 0. The highest BCUT2D eigenvalue weighted by Crippen LogP contribution is 2.42. The summed E-state index contributed by atoms with van der Waals surface area (Å²) < 4.78 is 12.6. The van der Waals surface area contributed by atoms with Crippen molar-refractivity contribution in [2.45, 2.75) is 0 Å². The number of hydrogen-bond donors (Lipinski definition) is 0. The molecule has 3 heteroatoms. The van der Waals surface area contributed by atoms with Crippen molar-refractivity contribution < 1.29 is 8.83 Å². The maximum atomic E-state index is 9.93. The highest BCUT2D eigenvalue weighted by Gasteiger charge is 2.17. The number of rotatable bonds is 3. The van der Waals surface area contributed by atoms with Crippen molar-refractivity contribution in [2.75, 3.05) is 0 Å². The molecule has 8 aromatic rings. The first kappa shape index (κ1) is 22.4. The first-order chi connectivity index (χ1) is 19.8. The Bertz CT molecular complexity index is 2290. The monoisotopic (exact) mass is 511 g/mol. The standard InChI is InChI=1S/C37H21NO2/c38-22-23-9-1-2-10-27(23)24-19-25(28-13-8-18-35-36(28)32-12-4-6-17-34(32)39-35)21-26(20-24)29-14-7-15-31-30-11-3-5-16-33(30)40-37(29)31/h1-21H. The van der Waals surface area contributed by atoms with Gasteiger partial charge in [0.1, 0.15) is 22.3 Å². The number of fused-ring (bicyclic) bond motifs is 6. The molecule has 8 rings (SSSR count). The van der Waals surface area contributed by atoms with Crippen molar-refractivity contribution >= 4 is 43.9 Å². The van der Waals surface area contributed by atoms with Gasteiger partial charge in [0.05, 0.1) is 11.6 Å². The van der Waals surface area contributed by atoms with E-state index < -0.39 is 0 Å². The average molecular weight is 512 g/mol. The fraction of sp³-hybridized carbons (Fsp3) is 0. The van der Waals surface area contributed by atoms with Gasteiger partial charge < -0.3 is 8.83 Å². The Morgan fingerprint density at radius 1 is 0.450 bits per heavy atom. The highest BCUT2D eigenvalue weighted by molar-refractivity contribution is 6.13. The molecule has 0 N–H and O–H groups in total. The van der Waals surface area contributed by atoms with Crippen LogP contribution in [0.25, 0.3) is 77.3 Å². The van der Waals surface area contributed by atoms with Crippen molar-refractivity contribution in [2.24, 2.45) is 0 Å². The molecule has 0 unspecified atom stereocenters. The molecule has 0 aliphatic rings. The van der Waals surface area contributed by atoms with Crippen LogP contribution in [-0.2, 0) is 0 Å². The Morgan fingerprint density at radius 3 is 1.82 bits per heavy atom. The summed E-state index contributed by atoms with van der Waals surface area (Å²) in [7, 11) is 0. The third kappa shape index (κ3) is 3.37. The number of para-hydroxylation sites is 3. The second-order valence-electron chi connectivity index (χ2n) is 10.0. The topological polar surface area (TPSA) is 50.1 Å². The second-order valence-corrected chi connectivity index (χ2v) is 10.0. The Labute approximate surface area is 230 Å². The largest absolute Gasteiger partial charge is 0.456 e. The molecule has 0 aliphatic carbocycles. The van der Waals surface area contributed by atoms with Crippen molar-refractivity contribution in [1.82, 2.24) is 0 Å². The van der Waals surface area contributed by atoms with Gasteiger partial charge in [-0.25, -0.2) is 0 Å². The lowest BCUT2D eigenvalue weighted by Crippen LogP contribution is -1.89. The van der Waals surface area contributed by atoms with Gasteiger partial charge in [-0.2, -0.15) is 5.26 Å². The lowest BCUT2D eigenvalue weighted by molar-refractivity contribution is 0.669. The molecule has 186 valence electrons. The van der Waals surface area contributed by atoms with E-state index in [0.717, 1.165) is 77.3 Å². The van der Waals surface area contributed by atoms with Crippen LogP contribution in [0.5, 0.6) is 0 Å². The molecule has 2 heterocycles. The molecule has 0 atom stereocenters. The molecule has 0 spiro atoms. The van der Waals surface area contributed by atoms with E-state index in [1.54, 1.807) is 0 Å². The molecule has 3 nitrogen and oxygen atoms in total. The molecule has 0 saturated heterocycles. The zero-order chi connectivity index (χ0) is 26.6. The number of nitrogens with zero attached hydrogens (tertiary/aromatic N) is 1. The van der Waals surface area contributed by atoms with Crippen LogP contribution in [0.3, 0.4) is 0 Å². The summed E-state index contributed by atoms with van der Waals surface area (Å²) in [6.07, 6.45) is 0. The maximum absolute atomic E-state index is 9.93. The van der Waals surface area contributed by atoms with Crippen LogP contribution >= 0.6 is 0 Å². The van der Waals surface area contributed by atoms with Gasteiger partial charge in [-0.15, -0.1) is 0 Å². The molecule has 2 aromatic heterocycles. The lowest BCUT2D eigenvalue weighted by atomic mass is 9.90. The number of nitriles is 1. The quantitative estimate of drug-likeness (QED) is 0.237. The molecule has 0 aliphatic heterocycles. The third-order valence-corrected chi connectivity index (χ3v) is 7.72. The fourth-order valence-electron chi connectivity index (χ4n) is 5.92. The van der Waals surface area contributed by atoms with Crippen LogP contribution in [0.2, 0.25) is 0 Å². The molecular formula is C37H21NO2. The molecule has 0 bridgehead atoms. The molecule has 0 saturated carbocycles. The van der Waals surface area contributed by atoms with Crippen molar-refractivity contribution in [3.8, 4) is 39.4 Å². The van der Waals surface area contributed by atoms with Gasteiger partial charge >= 0.3 is 0 Å². The molecule has 0 radical (unpaired) electrons. The SMILES string of the molecule is N#Cc1ccccc1-c1cc(-c2cccc3c2oc2ccccc23)cc(-c2cccc3oc4ccccc4c23)c1. The van der Waals surface area contributed by atoms with Gasteiger partial charge in [0.2, 0.25) is 0 Å². The molecular weight excluding hydrogens is 490 g/mol. The number of hydrogen-bond acceptors (Lipinski definition) is 3. The van der Waals surface area contributed by atoms with Gasteiger partial charge in [0.15, 0.2) is 0 Å². The van der Waals surface area contributed by atoms with Gasteiger partial charge in [0.25, 0.3) is 0 Å². The van der Waals surface area contributed by atoms with E-state index in [1.807, 2.05) is 72.8 Å². The van der Waals surface area contributed by atoms with Crippen molar-refractivity contribution in [1.29, 1.82) is 5.26 Å². The maximum Gasteiger partial charge on any atom is 0.143 e. The Balaban J connectivity index is 1.46. The summed E-state index contributed by atoms with van der Waals surface area (Å²) in [6, 6.07) is 45.5. The van der Waals surface area contributed by atoms with Gasteiger partial charge in [-0.3, -0.25) is 0 Å². The van der Waals surface area contributed by atoms with E-state index in [2.05, 4.69) is 60.7 Å². The van der Waals surface area contributed by atoms with E-state index in [-0.39, 0.29) is 0 Å². The minimum atomic E-state index is 0.638. The summed E-state index contributed by atoms with van der Waals surface area (Å²) in [4.78, 5) is 0. The average Bonchev–Trinajstić information content (AvgIpc) is 3.59. The summed E-state index contributed by atoms with van der Waals surface area (Å²) in [5.74, 6) is 0. The molecule has 6 aromatic carbocycles. The van der Waals surface area contributed by atoms with Crippen LogP contribution in [0.15, 0.2) is 136 Å². The molecule has 40 heavy (non-hydrogen) atoms. The zero-order valence-corrected chi connectivity index (χ0v) is 21.4. The Hall–Kier alpha value is -5.59. The molecule has 0 amide bonds. The highest BCUT2D eigenvalue weighted by atomic mass is 16.3. The zero-order valence-electron chi connectivity index (χ0n) is 21.4. The van der Waals surface area contributed by atoms with E-state index in [9.17, 15) is 5.26 Å². The second kappa shape index (κ2) is 8.73. The summed E-state index contributed by atoms with van der Waals surface area (Å²) in [6.45, 7) is 0. The summed E-state index contributed by atoms with van der Waals surface area (Å²) in [5.41, 5.74) is 10.1. The fourth-order valence-corrected chi connectivity index (χ4v) is 5.92. The first-order valence-corrected chi connectivity index (χ1v) is 13.2.